The second kappa shape index (κ2) is 6.28. The highest BCUT2D eigenvalue weighted by atomic mass is 35.5. The Labute approximate surface area is 164 Å². The van der Waals surface area contributed by atoms with Gasteiger partial charge in [-0.2, -0.15) is 0 Å². The predicted octanol–water partition coefficient (Wildman–Crippen LogP) is 6.07. The molecule has 3 nitrogen and oxygen atoms in total. The fourth-order valence-corrected chi connectivity index (χ4v) is 4.60. The summed E-state index contributed by atoms with van der Waals surface area (Å²) in [6.45, 7) is 6.46. The van der Waals surface area contributed by atoms with Crippen LogP contribution in [-0.2, 0) is 5.41 Å². The maximum absolute atomic E-state index is 13.2. The van der Waals surface area contributed by atoms with Gasteiger partial charge in [-0.1, -0.05) is 48.9 Å². The Morgan fingerprint density at radius 3 is 2.37 bits per heavy atom. The zero-order valence-electron chi connectivity index (χ0n) is 15.7. The van der Waals surface area contributed by atoms with Crippen LogP contribution in [0.4, 0.5) is 5.69 Å². The number of carbonyl (C=O) groups is 1. The number of anilines is 1. The molecule has 0 spiro atoms. The van der Waals surface area contributed by atoms with E-state index in [0.717, 1.165) is 22.7 Å². The van der Waals surface area contributed by atoms with Crippen molar-refractivity contribution in [2.75, 3.05) is 4.90 Å². The third-order valence-corrected chi connectivity index (χ3v) is 5.80. The van der Waals surface area contributed by atoms with E-state index in [1.165, 1.54) is 11.8 Å². The molecule has 1 aromatic heterocycles. The van der Waals surface area contributed by atoms with Gasteiger partial charge < -0.3 is 4.42 Å². The Bertz CT molecular complexity index is 976. The fourth-order valence-electron chi connectivity index (χ4n) is 4.47. The number of furan rings is 1. The van der Waals surface area contributed by atoms with Crippen molar-refractivity contribution in [1.29, 1.82) is 0 Å². The van der Waals surface area contributed by atoms with E-state index >= 15 is 0 Å². The van der Waals surface area contributed by atoms with Crippen LogP contribution in [0.3, 0.4) is 0 Å². The molecule has 138 valence electrons. The van der Waals surface area contributed by atoms with Crippen LogP contribution >= 0.6 is 11.6 Å². The summed E-state index contributed by atoms with van der Waals surface area (Å²) in [6, 6.07) is 19.6. The minimum Gasteiger partial charge on any atom is -0.459 e. The standard InChI is InChI=1S/C23H22ClNO2/c1-22(2)15-23(3,16-10-12-17(24)13-11-16)18-7-4-5-8-19(18)25(22)21(26)20-9-6-14-27-20/h4-14H,15H2,1-3H3/t23-/m0/s1. The molecule has 1 aliphatic rings. The second-order valence-electron chi connectivity index (χ2n) is 7.96. The highest BCUT2D eigenvalue weighted by Gasteiger charge is 2.48. The zero-order valence-corrected chi connectivity index (χ0v) is 16.5. The van der Waals surface area contributed by atoms with Crippen molar-refractivity contribution in [3.8, 4) is 0 Å². The lowest BCUT2D eigenvalue weighted by Crippen LogP contribution is -2.55. The van der Waals surface area contributed by atoms with Crippen molar-refractivity contribution in [2.24, 2.45) is 0 Å². The molecule has 27 heavy (non-hydrogen) atoms. The Morgan fingerprint density at radius 2 is 1.70 bits per heavy atom. The van der Waals surface area contributed by atoms with Gasteiger partial charge in [-0.25, -0.2) is 0 Å². The van der Waals surface area contributed by atoms with Crippen LogP contribution in [-0.4, -0.2) is 11.4 Å². The Morgan fingerprint density at radius 1 is 1.00 bits per heavy atom. The summed E-state index contributed by atoms with van der Waals surface area (Å²) in [5.41, 5.74) is 2.62. The van der Waals surface area contributed by atoms with Crippen molar-refractivity contribution in [3.05, 3.63) is 88.8 Å². The van der Waals surface area contributed by atoms with Crippen molar-refractivity contribution < 1.29 is 9.21 Å². The lowest BCUT2D eigenvalue weighted by atomic mass is 9.65. The van der Waals surface area contributed by atoms with Crippen LogP contribution < -0.4 is 4.90 Å². The molecule has 0 N–H and O–H groups in total. The molecule has 4 rings (SSSR count). The maximum atomic E-state index is 13.2. The third kappa shape index (κ3) is 2.87. The molecule has 2 aromatic carbocycles. The number of benzene rings is 2. The van der Waals surface area contributed by atoms with E-state index in [0.29, 0.717) is 5.76 Å². The molecule has 3 aromatic rings. The molecule has 0 aliphatic carbocycles. The highest BCUT2D eigenvalue weighted by Crippen LogP contribution is 2.50. The van der Waals surface area contributed by atoms with Gasteiger partial charge >= 0.3 is 0 Å². The molecule has 1 atom stereocenters. The summed E-state index contributed by atoms with van der Waals surface area (Å²) in [6.07, 6.45) is 2.32. The van der Waals surface area contributed by atoms with Crippen LogP contribution in [0.1, 0.15) is 48.9 Å². The molecule has 0 saturated heterocycles. The van der Waals surface area contributed by atoms with Crippen LogP contribution in [0, 0.1) is 0 Å². The number of rotatable bonds is 2. The SMILES string of the molecule is CC1(C)C[C@@](C)(c2ccc(Cl)cc2)c2ccccc2N1C(=O)c1ccco1. The van der Waals surface area contributed by atoms with Crippen LogP contribution in [0.25, 0.3) is 0 Å². The molecule has 1 aliphatic heterocycles. The van der Waals surface area contributed by atoms with Crippen molar-refractivity contribution in [2.45, 2.75) is 38.1 Å². The van der Waals surface area contributed by atoms with Crippen LogP contribution in [0.5, 0.6) is 0 Å². The van der Waals surface area contributed by atoms with Gasteiger partial charge in [0.05, 0.1) is 6.26 Å². The van der Waals surface area contributed by atoms with E-state index in [2.05, 4.69) is 39.0 Å². The number of hydrogen-bond donors (Lipinski definition) is 0. The van der Waals surface area contributed by atoms with Gasteiger partial charge in [0.2, 0.25) is 0 Å². The Hall–Kier alpha value is -2.52. The van der Waals surface area contributed by atoms with Gasteiger partial charge in [-0.3, -0.25) is 9.69 Å². The van der Waals surface area contributed by atoms with Gasteiger partial charge in [-0.05, 0) is 61.7 Å². The molecule has 0 saturated carbocycles. The van der Waals surface area contributed by atoms with Crippen LogP contribution in [0.15, 0.2) is 71.3 Å². The first kappa shape index (κ1) is 17.9. The number of nitrogens with zero attached hydrogens (tertiary/aromatic N) is 1. The summed E-state index contributed by atoms with van der Waals surface area (Å²) < 4.78 is 5.40. The molecule has 0 bridgehead atoms. The summed E-state index contributed by atoms with van der Waals surface area (Å²) >= 11 is 6.11. The number of para-hydroxylation sites is 1. The van der Waals surface area contributed by atoms with E-state index in [9.17, 15) is 4.79 Å². The topological polar surface area (TPSA) is 33.5 Å². The predicted molar refractivity (Wildman–Crippen MR) is 109 cm³/mol. The molecule has 0 radical (unpaired) electrons. The summed E-state index contributed by atoms with van der Waals surface area (Å²) in [4.78, 5) is 15.1. The summed E-state index contributed by atoms with van der Waals surface area (Å²) in [5, 5.41) is 0.723. The molecular formula is C23H22ClNO2. The Balaban J connectivity index is 1.90. The van der Waals surface area contributed by atoms with E-state index in [4.69, 9.17) is 16.0 Å². The van der Waals surface area contributed by atoms with Gasteiger partial charge in [0, 0.05) is 21.7 Å². The largest absolute Gasteiger partial charge is 0.459 e. The van der Waals surface area contributed by atoms with E-state index in [-0.39, 0.29) is 11.3 Å². The quantitative estimate of drug-likeness (QED) is 0.541. The third-order valence-electron chi connectivity index (χ3n) is 5.55. The van der Waals surface area contributed by atoms with Crippen molar-refractivity contribution in [3.63, 3.8) is 0 Å². The smallest absolute Gasteiger partial charge is 0.294 e. The number of hydrogen-bond acceptors (Lipinski definition) is 2. The number of amides is 1. The number of carbonyl (C=O) groups excluding carboxylic acids is 1. The highest BCUT2D eigenvalue weighted by molar-refractivity contribution is 6.30. The first-order chi connectivity index (χ1) is 12.8. The number of fused-ring (bicyclic) bond motifs is 1. The molecular weight excluding hydrogens is 358 g/mol. The normalized spacial score (nSPS) is 21.0. The van der Waals surface area contributed by atoms with E-state index < -0.39 is 5.54 Å². The minimum absolute atomic E-state index is 0.115. The molecule has 4 heteroatoms. The average Bonchev–Trinajstić information content (AvgIpc) is 3.16. The molecule has 0 fully saturated rings. The summed E-state index contributed by atoms with van der Waals surface area (Å²) in [5.74, 6) is 0.239. The van der Waals surface area contributed by atoms with Gasteiger partial charge in [0.1, 0.15) is 0 Å². The summed E-state index contributed by atoms with van der Waals surface area (Å²) in [7, 11) is 0. The first-order valence-electron chi connectivity index (χ1n) is 9.06. The first-order valence-corrected chi connectivity index (χ1v) is 9.44. The van der Waals surface area contributed by atoms with E-state index in [1.54, 1.807) is 12.1 Å². The fraction of sp³-hybridized carbons (Fsp3) is 0.261. The van der Waals surface area contributed by atoms with Gasteiger partial charge in [0.25, 0.3) is 5.91 Å². The molecule has 0 unspecified atom stereocenters. The Kier molecular flexibility index (Phi) is 4.15. The zero-order chi connectivity index (χ0) is 19.2. The second-order valence-corrected chi connectivity index (χ2v) is 8.40. The average molecular weight is 380 g/mol. The lowest BCUT2D eigenvalue weighted by Gasteiger charge is -2.51. The lowest BCUT2D eigenvalue weighted by molar-refractivity contribution is 0.0921. The minimum atomic E-state index is -0.396. The van der Waals surface area contributed by atoms with Gasteiger partial charge in [-0.15, -0.1) is 0 Å². The molecule has 1 amide bonds. The van der Waals surface area contributed by atoms with Crippen molar-refractivity contribution in [1.82, 2.24) is 0 Å². The monoisotopic (exact) mass is 379 g/mol. The maximum Gasteiger partial charge on any atom is 0.294 e. The van der Waals surface area contributed by atoms with Crippen LogP contribution in [0.2, 0.25) is 5.02 Å². The molecule has 2 heterocycles. The van der Waals surface area contributed by atoms with E-state index in [1.807, 2.05) is 35.2 Å². The number of halogens is 1. The van der Waals surface area contributed by atoms with Gasteiger partial charge in [0.15, 0.2) is 5.76 Å². The van der Waals surface area contributed by atoms with Crippen molar-refractivity contribution >= 4 is 23.2 Å².